The Morgan fingerprint density at radius 2 is 2.25 bits per heavy atom. The van der Waals surface area contributed by atoms with E-state index in [4.69, 9.17) is 0 Å². The van der Waals surface area contributed by atoms with Crippen molar-refractivity contribution in [3.63, 3.8) is 0 Å². The molecule has 2 rings (SSSR count). The molecule has 1 unspecified atom stereocenters. The van der Waals surface area contributed by atoms with Gasteiger partial charge in [0.15, 0.2) is 0 Å². The zero-order valence-electron chi connectivity index (χ0n) is 9.96. The molecule has 0 bridgehead atoms. The van der Waals surface area contributed by atoms with Gasteiger partial charge in [0.05, 0.1) is 0 Å². The second kappa shape index (κ2) is 5.19. The maximum absolute atomic E-state index is 3.61. The van der Waals surface area contributed by atoms with E-state index in [2.05, 4.69) is 58.2 Å². The van der Waals surface area contributed by atoms with Crippen LogP contribution in [0.4, 0.5) is 5.69 Å². The topological polar surface area (TPSA) is 15.3 Å². The van der Waals surface area contributed by atoms with E-state index in [1.165, 1.54) is 22.1 Å². The first kappa shape index (κ1) is 11.9. The summed E-state index contributed by atoms with van der Waals surface area (Å²) in [4.78, 5) is 2.49. The predicted octanol–water partition coefficient (Wildman–Crippen LogP) is 2.95. The lowest BCUT2D eigenvalue weighted by Crippen LogP contribution is -2.37. The van der Waals surface area contributed by atoms with E-state index in [1.807, 2.05) is 0 Å². The number of benzene rings is 1. The fourth-order valence-corrected chi connectivity index (χ4v) is 2.53. The third-order valence-electron chi connectivity index (χ3n) is 3.21. The molecule has 3 heteroatoms. The molecule has 0 spiro atoms. The lowest BCUT2D eigenvalue weighted by atomic mass is 10.2. The van der Waals surface area contributed by atoms with Crippen LogP contribution < -0.4 is 10.2 Å². The first-order chi connectivity index (χ1) is 7.68. The van der Waals surface area contributed by atoms with Crippen LogP contribution in [0.25, 0.3) is 0 Å². The molecule has 1 aromatic carbocycles. The molecule has 16 heavy (non-hydrogen) atoms. The highest BCUT2D eigenvalue weighted by molar-refractivity contribution is 9.10. The maximum atomic E-state index is 3.61. The van der Waals surface area contributed by atoms with Gasteiger partial charge in [0.1, 0.15) is 0 Å². The lowest BCUT2D eigenvalue weighted by molar-refractivity contribution is 0.630. The van der Waals surface area contributed by atoms with Crippen molar-refractivity contribution >= 4 is 21.6 Å². The second-order valence-electron chi connectivity index (χ2n) is 4.53. The summed E-state index contributed by atoms with van der Waals surface area (Å²) in [5, 5.41) is 3.47. The molecule has 1 fully saturated rings. The zero-order chi connectivity index (χ0) is 11.5. The van der Waals surface area contributed by atoms with Gasteiger partial charge in [-0.25, -0.2) is 0 Å². The van der Waals surface area contributed by atoms with Crippen molar-refractivity contribution in [2.24, 2.45) is 0 Å². The monoisotopic (exact) mass is 282 g/mol. The number of hydrogen-bond acceptors (Lipinski definition) is 2. The van der Waals surface area contributed by atoms with Gasteiger partial charge in [0.25, 0.3) is 0 Å². The van der Waals surface area contributed by atoms with Crippen molar-refractivity contribution in [3.8, 4) is 0 Å². The molecule has 1 aliphatic rings. The summed E-state index contributed by atoms with van der Waals surface area (Å²) in [6, 6.07) is 7.21. The highest BCUT2D eigenvalue weighted by atomic mass is 79.9. The smallest absolute Gasteiger partial charge is 0.0386 e. The van der Waals surface area contributed by atoms with Crippen molar-refractivity contribution in [1.82, 2.24) is 5.32 Å². The number of aryl methyl sites for hydroxylation is 1. The van der Waals surface area contributed by atoms with Gasteiger partial charge >= 0.3 is 0 Å². The van der Waals surface area contributed by atoms with Crippen molar-refractivity contribution < 1.29 is 0 Å². The highest BCUT2D eigenvalue weighted by Gasteiger charge is 2.17. The molecule has 1 saturated heterocycles. The van der Waals surface area contributed by atoms with Gasteiger partial charge in [-0.3, -0.25) is 0 Å². The Bertz CT molecular complexity index is 365. The Balaban J connectivity index is 2.23. The van der Waals surface area contributed by atoms with Crippen LogP contribution in [-0.4, -0.2) is 25.7 Å². The van der Waals surface area contributed by atoms with Crippen LogP contribution in [0, 0.1) is 6.92 Å². The summed E-state index contributed by atoms with van der Waals surface area (Å²) in [6.45, 7) is 7.76. The van der Waals surface area contributed by atoms with E-state index in [9.17, 15) is 0 Å². The Kier molecular flexibility index (Phi) is 3.87. The molecule has 1 N–H and O–H groups in total. The van der Waals surface area contributed by atoms with Crippen molar-refractivity contribution in [1.29, 1.82) is 0 Å². The summed E-state index contributed by atoms with van der Waals surface area (Å²) in [7, 11) is 0. The second-order valence-corrected chi connectivity index (χ2v) is 5.39. The first-order valence-corrected chi connectivity index (χ1v) is 6.71. The molecule has 0 aliphatic carbocycles. The quantitative estimate of drug-likeness (QED) is 0.852. The summed E-state index contributed by atoms with van der Waals surface area (Å²) >= 11 is 3.61. The fourth-order valence-electron chi connectivity index (χ4n) is 2.16. The van der Waals surface area contributed by atoms with Gasteiger partial charge in [-0.2, -0.15) is 0 Å². The van der Waals surface area contributed by atoms with Crippen LogP contribution in [0.2, 0.25) is 0 Å². The van der Waals surface area contributed by atoms with E-state index in [1.54, 1.807) is 0 Å². The number of nitrogens with one attached hydrogen (secondary N) is 1. The van der Waals surface area contributed by atoms with E-state index in [0.717, 1.165) is 19.6 Å². The van der Waals surface area contributed by atoms with E-state index >= 15 is 0 Å². The molecule has 2 nitrogen and oxygen atoms in total. The SMILES string of the molecule is Cc1ccc(N2CCCNCC2C)cc1Br. The molecule has 1 heterocycles. The van der Waals surface area contributed by atoms with E-state index in [-0.39, 0.29) is 0 Å². The van der Waals surface area contributed by atoms with Gasteiger partial charge in [-0.15, -0.1) is 0 Å². The molecular formula is C13H19BrN2. The molecule has 1 aliphatic heterocycles. The highest BCUT2D eigenvalue weighted by Crippen LogP contribution is 2.25. The summed E-state index contributed by atoms with van der Waals surface area (Å²) in [5.41, 5.74) is 2.62. The summed E-state index contributed by atoms with van der Waals surface area (Å²) in [6.07, 6.45) is 1.22. The number of rotatable bonds is 1. The standard InChI is InChI=1S/C13H19BrN2/c1-10-4-5-12(8-13(10)14)16-7-3-6-15-9-11(16)2/h4-5,8,11,15H,3,6-7,9H2,1-2H3. The van der Waals surface area contributed by atoms with Gasteiger partial charge in [0, 0.05) is 29.3 Å². The maximum Gasteiger partial charge on any atom is 0.0386 e. The molecule has 1 atom stereocenters. The van der Waals surface area contributed by atoms with Gasteiger partial charge in [-0.05, 0) is 44.5 Å². The molecule has 0 radical (unpaired) electrons. The average molecular weight is 283 g/mol. The van der Waals surface area contributed by atoms with Crippen LogP contribution in [0.3, 0.4) is 0 Å². The minimum Gasteiger partial charge on any atom is -0.367 e. The number of hydrogen-bond donors (Lipinski definition) is 1. The molecule has 0 aromatic heterocycles. The van der Waals surface area contributed by atoms with Gasteiger partial charge in [-0.1, -0.05) is 22.0 Å². The number of halogens is 1. The van der Waals surface area contributed by atoms with Gasteiger partial charge < -0.3 is 10.2 Å². The van der Waals surface area contributed by atoms with Crippen LogP contribution in [0.1, 0.15) is 18.9 Å². The normalized spacial score (nSPS) is 21.9. The lowest BCUT2D eigenvalue weighted by Gasteiger charge is -2.29. The molecule has 1 aromatic rings. The third kappa shape index (κ3) is 2.58. The number of anilines is 1. The first-order valence-electron chi connectivity index (χ1n) is 5.92. The molecule has 0 saturated carbocycles. The van der Waals surface area contributed by atoms with E-state index < -0.39 is 0 Å². The zero-order valence-corrected chi connectivity index (χ0v) is 11.5. The van der Waals surface area contributed by atoms with Crippen LogP contribution in [0.15, 0.2) is 22.7 Å². The molecular weight excluding hydrogens is 264 g/mol. The molecule has 88 valence electrons. The van der Waals surface area contributed by atoms with E-state index in [0.29, 0.717) is 6.04 Å². The van der Waals surface area contributed by atoms with Crippen LogP contribution in [0.5, 0.6) is 0 Å². The minimum absolute atomic E-state index is 0.567. The van der Waals surface area contributed by atoms with Gasteiger partial charge in [0.2, 0.25) is 0 Å². The largest absolute Gasteiger partial charge is 0.367 e. The minimum atomic E-state index is 0.567. The van der Waals surface area contributed by atoms with Crippen LogP contribution >= 0.6 is 15.9 Å². The Hall–Kier alpha value is -0.540. The molecule has 0 amide bonds. The predicted molar refractivity (Wildman–Crippen MR) is 73.2 cm³/mol. The van der Waals surface area contributed by atoms with Crippen molar-refractivity contribution in [3.05, 3.63) is 28.2 Å². The third-order valence-corrected chi connectivity index (χ3v) is 4.07. The van der Waals surface area contributed by atoms with Crippen LogP contribution in [-0.2, 0) is 0 Å². The van der Waals surface area contributed by atoms with Crippen molar-refractivity contribution in [2.45, 2.75) is 26.3 Å². The number of nitrogens with zero attached hydrogens (tertiary/aromatic N) is 1. The average Bonchev–Trinajstić information content (AvgIpc) is 2.47. The Morgan fingerprint density at radius 1 is 1.44 bits per heavy atom. The Morgan fingerprint density at radius 3 is 3.00 bits per heavy atom. The fraction of sp³-hybridized carbons (Fsp3) is 0.538. The summed E-state index contributed by atoms with van der Waals surface area (Å²) in [5.74, 6) is 0. The Labute approximate surface area is 106 Å². The van der Waals surface area contributed by atoms with Crippen molar-refractivity contribution in [2.75, 3.05) is 24.5 Å². The summed E-state index contributed by atoms with van der Waals surface area (Å²) < 4.78 is 1.20.